The van der Waals surface area contributed by atoms with Crippen LogP contribution in [-0.2, 0) is 16.6 Å². The normalized spacial score (nSPS) is 16.0. The van der Waals surface area contributed by atoms with Crippen LogP contribution >= 0.6 is 0 Å². The number of benzene rings is 2. The lowest BCUT2D eigenvalue weighted by Crippen LogP contribution is -2.38. The lowest BCUT2D eigenvalue weighted by molar-refractivity contribution is -0.126. The Morgan fingerprint density at radius 3 is 2.55 bits per heavy atom. The predicted octanol–water partition coefficient (Wildman–Crippen LogP) is 2.22. The fourth-order valence-corrected chi connectivity index (χ4v) is 3.88. The van der Waals surface area contributed by atoms with Crippen LogP contribution in [0.3, 0.4) is 0 Å². The summed E-state index contributed by atoms with van der Waals surface area (Å²) >= 11 is 0. The predicted molar refractivity (Wildman–Crippen MR) is 115 cm³/mol. The van der Waals surface area contributed by atoms with Gasteiger partial charge in [0.2, 0.25) is 11.8 Å². The van der Waals surface area contributed by atoms with Crippen LogP contribution < -0.4 is 15.5 Å². The van der Waals surface area contributed by atoms with Crippen LogP contribution in [0, 0.1) is 11.7 Å². The molecule has 1 fully saturated rings. The molecule has 4 rings (SSSR count). The standard InChI is InChI=1S/C23H23FN4O3/c1-27-14-19(18-4-2-3-5-20(18)27)23(31)26-11-10-25-22(30)15-12-21(29)28(13-15)17-8-6-16(24)7-9-17/h2-9,14-15H,10-13H2,1H3,(H,25,30)(H,26,31)/t15-/m0/s1. The van der Waals surface area contributed by atoms with Gasteiger partial charge in [-0.05, 0) is 30.3 Å². The van der Waals surface area contributed by atoms with E-state index >= 15 is 0 Å². The molecule has 0 spiro atoms. The Hall–Kier alpha value is -3.68. The summed E-state index contributed by atoms with van der Waals surface area (Å²) in [6.07, 6.45) is 1.89. The van der Waals surface area contributed by atoms with E-state index in [1.54, 1.807) is 6.20 Å². The number of hydrogen-bond acceptors (Lipinski definition) is 3. The molecule has 1 saturated heterocycles. The Morgan fingerprint density at radius 2 is 1.77 bits per heavy atom. The molecule has 8 heteroatoms. The SMILES string of the molecule is Cn1cc(C(=O)NCCNC(=O)[C@H]2CC(=O)N(c3ccc(F)cc3)C2)c2ccccc21. The fraction of sp³-hybridized carbons (Fsp3) is 0.261. The second kappa shape index (κ2) is 8.59. The number of fused-ring (bicyclic) bond motifs is 1. The summed E-state index contributed by atoms with van der Waals surface area (Å²) < 4.78 is 15.0. The maximum Gasteiger partial charge on any atom is 0.253 e. The van der Waals surface area contributed by atoms with E-state index in [0.29, 0.717) is 11.3 Å². The summed E-state index contributed by atoms with van der Waals surface area (Å²) in [7, 11) is 1.89. The minimum atomic E-state index is -0.480. The van der Waals surface area contributed by atoms with Gasteiger partial charge in [0.25, 0.3) is 5.91 Å². The molecule has 3 aromatic rings. The largest absolute Gasteiger partial charge is 0.354 e. The second-order valence-corrected chi connectivity index (χ2v) is 7.60. The van der Waals surface area contributed by atoms with Gasteiger partial charge in [-0.3, -0.25) is 14.4 Å². The first-order valence-electron chi connectivity index (χ1n) is 10.1. The molecular formula is C23H23FN4O3. The van der Waals surface area contributed by atoms with Gasteiger partial charge in [-0.15, -0.1) is 0 Å². The Bertz CT molecular complexity index is 1140. The van der Waals surface area contributed by atoms with Crippen LogP contribution in [0.5, 0.6) is 0 Å². The number of aryl methyl sites for hydroxylation is 1. The van der Waals surface area contributed by atoms with Crippen molar-refractivity contribution in [3.8, 4) is 0 Å². The zero-order valence-electron chi connectivity index (χ0n) is 17.1. The molecular weight excluding hydrogens is 399 g/mol. The van der Waals surface area contributed by atoms with Crippen LogP contribution in [-0.4, -0.2) is 41.9 Å². The molecule has 0 radical (unpaired) electrons. The van der Waals surface area contributed by atoms with Gasteiger partial charge >= 0.3 is 0 Å². The van der Waals surface area contributed by atoms with Crippen LogP contribution in [0.4, 0.5) is 10.1 Å². The fourth-order valence-electron chi connectivity index (χ4n) is 3.88. The first-order chi connectivity index (χ1) is 14.9. The van der Waals surface area contributed by atoms with Crippen LogP contribution in [0.15, 0.2) is 54.7 Å². The van der Waals surface area contributed by atoms with Crippen molar-refractivity contribution in [3.05, 3.63) is 66.1 Å². The number of nitrogens with zero attached hydrogens (tertiary/aromatic N) is 2. The number of rotatable bonds is 6. The smallest absolute Gasteiger partial charge is 0.253 e. The average molecular weight is 422 g/mol. The zero-order valence-corrected chi connectivity index (χ0v) is 17.1. The summed E-state index contributed by atoms with van der Waals surface area (Å²) in [6, 6.07) is 13.3. The van der Waals surface area contributed by atoms with E-state index < -0.39 is 5.92 Å². The van der Waals surface area contributed by atoms with E-state index in [4.69, 9.17) is 0 Å². The third-order valence-electron chi connectivity index (χ3n) is 5.49. The van der Waals surface area contributed by atoms with Crippen molar-refractivity contribution >= 4 is 34.3 Å². The van der Waals surface area contributed by atoms with E-state index in [2.05, 4.69) is 10.6 Å². The Morgan fingerprint density at radius 1 is 1.06 bits per heavy atom. The number of aromatic nitrogens is 1. The molecule has 1 aromatic heterocycles. The molecule has 0 bridgehead atoms. The zero-order chi connectivity index (χ0) is 22.0. The van der Waals surface area contributed by atoms with E-state index in [9.17, 15) is 18.8 Å². The van der Waals surface area contributed by atoms with Gasteiger partial charge in [-0.25, -0.2) is 4.39 Å². The minimum Gasteiger partial charge on any atom is -0.354 e. The summed E-state index contributed by atoms with van der Waals surface area (Å²) in [4.78, 5) is 38.7. The molecule has 1 aliphatic heterocycles. The highest BCUT2D eigenvalue weighted by Gasteiger charge is 2.34. The van der Waals surface area contributed by atoms with Gasteiger partial charge in [-0.2, -0.15) is 0 Å². The van der Waals surface area contributed by atoms with Crippen molar-refractivity contribution < 1.29 is 18.8 Å². The number of carbonyl (C=O) groups is 3. The summed E-state index contributed by atoms with van der Waals surface area (Å²) in [5.41, 5.74) is 2.13. The van der Waals surface area contributed by atoms with Crippen LogP contribution in [0.2, 0.25) is 0 Å². The lowest BCUT2D eigenvalue weighted by Gasteiger charge is -2.16. The topological polar surface area (TPSA) is 83.4 Å². The summed E-state index contributed by atoms with van der Waals surface area (Å²) in [5, 5.41) is 6.47. The highest BCUT2D eigenvalue weighted by molar-refractivity contribution is 6.07. The first-order valence-corrected chi connectivity index (χ1v) is 10.1. The second-order valence-electron chi connectivity index (χ2n) is 7.60. The minimum absolute atomic E-state index is 0.103. The van der Waals surface area contributed by atoms with E-state index in [1.165, 1.54) is 29.2 Å². The molecule has 0 unspecified atom stereocenters. The van der Waals surface area contributed by atoms with Crippen LogP contribution in [0.25, 0.3) is 10.9 Å². The Kier molecular flexibility index (Phi) is 5.70. The van der Waals surface area contributed by atoms with Gasteiger partial charge < -0.3 is 20.1 Å². The molecule has 2 heterocycles. The highest BCUT2D eigenvalue weighted by Crippen LogP contribution is 2.25. The molecule has 3 amide bonds. The van der Waals surface area contributed by atoms with E-state index in [0.717, 1.165) is 10.9 Å². The van der Waals surface area contributed by atoms with Gasteiger partial charge in [0, 0.05) is 55.9 Å². The number of hydrogen-bond donors (Lipinski definition) is 2. The first kappa shape index (κ1) is 20.6. The maximum atomic E-state index is 13.1. The van der Waals surface area contributed by atoms with Crippen molar-refractivity contribution in [2.45, 2.75) is 6.42 Å². The average Bonchev–Trinajstić information content (AvgIpc) is 3.32. The van der Waals surface area contributed by atoms with Gasteiger partial charge in [0.1, 0.15) is 5.82 Å². The lowest BCUT2D eigenvalue weighted by atomic mass is 10.1. The number of halogens is 1. The summed E-state index contributed by atoms with van der Waals surface area (Å²) in [5.74, 6) is -1.47. The van der Waals surface area contributed by atoms with Gasteiger partial charge in [0.15, 0.2) is 0 Å². The van der Waals surface area contributed by atoms with Crippen molar-refractivity contribution in [2.24, 2.45) is 13.0 Å². The molecule has 31 heavy (non-hydrogen) atoms. The number of carbonyl (C=O) groups excluding carboxylic acids is 3. The van der Waals surface area contributed by atoms with Crippen molar-refractivity contribution in [1.29, 1.82) is 0 Å². The van der Waals surface area contributed by atoms with Gasteiger partial charge in [0.05, 0.1) is 11.5 Å². The monoisotopic (exact) mass is 422 g/mol. The molecule has 7 nitrogen and oxygen atoms in total. The highest BCUT2D eigenvalue weighted by atomic mass is 19.1. The third-order valence-corrected chi connectivity index (χ3v) is 5.49. The number of nitrogens with one attached hydrogen (secondary N) is 2. The van der Waals surface area contributed by atoms with Gasteiger partial charge in [-0.1, -0.05) is 18.2 Å². The van der Waals surface area contributed by atoms with Crippen LogP contribution in [0.1, 0.15) is 16.8 Å². The molecule has 0 aliphatic carbocycles. The number of para-hydroxylation sites is 1. The maximum absolute atomic E-state index is 13.1. The molecule has 160 valence electrons. The van der Waals surface area contributed by atoms with Crippen molar-refractivity contribution in [3.63, 3.8) is 0 Å². The molecule has 1 aliphatic rings. The Balaban J connectivity index is 1.27. The molecule has 2 aromatic carbocycles. The van der Waals surface area contributed by atoms with Crippen molar-refractivity contribution in [1.82, 2.24) is 15.2 Å². The van der Waals surface area contributed by atoms with E-state index in [1.807, 2.05) is 35.9 Å². The molecule has 1 atom stereocenters. The summed E-state index contributed by atoms with van der Waals surface area (Å²) in [6.45, 7) is 0.783. The number of anilines is 1. The third kappa shape index (κ3) is 4.28. The van der Waals surface area contributed by atoms with Crippen molar-refractivity contribution in [2.75, 3.05) is 24.5 Å². The molecule has 0 saturated carbocycles. The Labute approximate surface area is 178 Å². The van der Waals surface area contributed by atoms with E-state index in [-0.39, 0.29) is 49.6 Å². The number of amides is 3. The molecule has 2 N–H and O–H groups in total. The quantitative estimate of drug-likeness (QED) is 0.598.